The summed E-state index contributed by atoms with van der Waals surface area (Å²) in [6.45, 7) is 9.99. The topological polar surface area (TPSA) is 140 Å². The first-order chi connectivity index (χ1) is 19.5. The first-order valence-electron chi connectivity index (χ1n) is 14.2. The number of rotatable bonds is 11. The second kappa shape index (κ2) is 11.8. The second-order valence-corrected chi connectivity index (χ2v) is 17.0. The minimum Gasteiger partial charge on any atom is -0.367 e. The Balaban J connectivity index is 1.45. The van der Waals surface area contributed by atoms with Gasteiger partial charge in [-0.15, -0.1) is 0 Å². The normalized spacial score (nSPS) is 26.6. The fourth-order valence-corrected chi connectivity index (χ4v) is 11.0. The molecule has 3 aliphatic rings. The summed E-state index contributed by atoms with van der Waals surface area (Å²) >= 11 is 6.28. The molecule has 1 N–H and O–H groups in total. The number of ether oxygens (including phenoxy) is 3. The van der Waals surface area contributed by atoms with Crippen LogP contribution in [0.4, 0.5) is 10.2 Å². The molecule has 2 aliphatic heterocycles. The van der Waals surface area contributed by atoms with Gasteiger partial charge in [-0.25, -0.2) is 12.8 Å². The fourth-order valence-electron chi connectivity index (χ4n) is 5.93. The van der Waals surface area contributed by atoms with Crippen LogP contribution in [0.25, 0.3) is 11.0 Å². The lowest BCUT2D eigenvalue weighted by atomic mass is 10.1. The Kier molecular flexibility index (Phi) is 9.04. The standard InChI is InChI=1S/C26H39ClFN4O8PS/c1-14(2)39-41(33,40-15(3)4)13-42(34,35)12-18-20-21(38-26(5,6)37-20)24(36-18)32-11-17(28)19-22(29-16-9-7-8-10-16)30-25(27)31-23(19)32/h11,14-16,18,20-21,24H,7-10,12-13H2,1-6H3,(H,29,30,31)/t18-,20-,21-,24-/m1/s1. The van der Waals surface area contributed by atoms with E-state index in [-0.39, 0.29) is 28.2 Å². The highest BCUT2D eigenvalue weighted by molar-refractivity contribution is 7.97. The smallest absolute Gasteiger partial charge is 0.346 e. The maximum atomic E-state index is 15.5. The molecule has 0 amide bonds. The molecule has 0 radical (unpaired) electrons. The third-order valence-electron chi connectivity index (χ3n) is 7.21. The van der Waals surface area contributed by atoms with E-state index >= 15 is 4.39 Å². The zero-order chi connectivity index (χ0) is 30.6. The van der Waals surface area contributed by atoms with Crippen LogP contribution >= 0.6 is 19.2 Å². The van der Waals surface area contributed by atoms with E-state index in [1.165, 1.54) is 10.8 Å². The molecule has 4 heterocycles. The molecule has 0 aromatic carbocycles. The van der Waals surface area contributed by atoms with Gasteiger partial charge in [0.15, 0.2) is 38.8 Å². The Labute approximate surface area is 250 Å². The number of hydrogen-bond donors (Lipinski definition) is 1. The van der Waals surface area contributed by atoms with Crippen molar-refractivity contribution in [3.05, 3.63) is 17.3 Å². The number of nitrogens with one attached hydrogen (secondary N) is 1. The monoisotopic (exact) mass is 652 g/mol. The molecule has 4 atom stereocenters. The summed E-state index contributed by atoms with van der Waals surface area (Å²) in [5.41, 5.74) is -0.656. The molecule has 2 aromatic rings. The van der Waals surface area contributed by atoms with Gasteiger partial charge < -0.3 is 33.1 Å². The van der Waals surface area contributed by atoms with Crippen LogP contribution in [0.15, 0.2) is 6.20 Å². The van der Waals surface area contributed by atoms with Gasteiger partial charge in [0, 0.05) is 12.2 Å². The molecular weight excluding hydrogens is 614 g/mol. The quantitative estimate of drug-likeness (QED) is 0.246. The number of sulfone groups is 1. The zero-order valence-electron chi connectivity index (χ0n) is 24.6. The predicted octanol–water partition coefficient (Wildman–Crippen LogP) is 5.41. The SMILES string of the molecule is CC(C)OP(=O)(CS(=O)(=O)C[C@H]1O[C@@H](n2cc(F)c3c(NC4CCCC4)nc(Cl)nc32)[C@@H]2OC(C)(C)O[C@@H]21)OC(C)C. The molecule has 3 fully saturated rings. The molecular formula is C26H39ClFN4O8PS. The molecule has 16 heteroatoms. The lowest BCUT2D eigenvalue weighted by Gasteiger charge is -2.26. The molecule has 1 saturated carbocycles. The first-order valence-corrected chi connectivity index (χ1v) is 18.1. The van der Waals surface area contributed by atoms with Gasteiger partial charge in [0.1, 0.15) is 24.1 Å². The Bertz CT molecular complexity index is 1450. The van der Waals surface area contributed by atoms with Crippen molar-refractivity contribution in [2.75, 3.05) is 16.6 Å². The van der Waals surface area contributed by atoms with Gasteiger partial charge in [-0.05, 0) is 66.0 Å². The van der Waals surface area contributed by atoms with Gasteiger partial charge in [0.05, 0.1) is 23.3 Å². The van der Waals surface area contributed by atoms with Crippen molar-refractivity contribution in [1.29, 1.82) is 0 Å². The van der Waals surface area contributed by atoms with Crippen molar-refractivity contribution in [3.8, 4) is 0 Å². The lowest BCUT2D eigenvalue weighted by Crippen LogP contribution is -2.35. The van der Waals surface area contributed by atoms with Gasteiger partial charge >= 0.3 is 7.60 Å². The molecule has 0 bridgehead atoms. The minimum atomic E-state index is -4.07. The molecule has 236 valence electrons. The van der Waals surface area contributed by atoms with Crippen LogP contribution in [-0.2, 0) is 37.7 Å². The van der Waals surface area contributed by atoms with Crippen LogP contribution in [0.2, 0.25) is 5.28 Å². The molecule has 12 nitrogen and oxygen atoms in total. The third kappa shape index (κ3) is 6.96. The minimum absolute atomic E-state index is 0.0778. The summed E-state index contributed by atoms with van der Waals surface area (Å²) in [5.74, 6) is -1.92. The van der Waals surface area contributed by atoms with E-state index in [0.29, 0.717) is 0 Å². The Morgan fingerprint density at radius 3 is 2.38 bits per heavy atom. The van der Waals surface area contributed by atoms with E-state index in [9.17, 15) is 13.0 Å². The summed E-state index contributed by atoms with van der Waals surface area (Å²) in [5, 5.41) is 3.38. The number of aromatic nitrogens is 3. The number of hydrogen-bond acceptors (Lipinski definition) is 11. The largest absolute Gasteiger partial charge is 0.367 e. The van der Waals surface area contributed by atoms with E-state index in [2.05, 4.69) is 15.3 Å². The molecule has 2 saturated heterocycles. The third-order valence-corrected chi connectivity index (χ3v) is 12.5. The first kappa shape index (κ1) is 32.0. The Morgan fingerprint density at radius 2 is 1.76 bits per heavy atom. The van der Waals surface area contributed by atoms with E-state index in [1.807, 2.05) is 0 Å². The van der Waals surface area contributed by atoms with Crippen LogP contribution in [0.1, 0.15) is 73.5 Å². The summed E-state index contributed by atoms with van der Waals surface area (Å²) in [4.78, 5) is 8.56. The van der Waals surface area contributed by atoms with Crippen LogP contribution in [-0.4, -0.2) is 76.5 Å². The van der Waals surface area contributed by atoms with Crippen LogP contribution in [0.3, 0.4) is 0 Å². The van der Waals surface area contributed by atoms with Gasteiger partial charge in [0.2, 0.25) is 5.28 Å². The summed E-state index contributed by atoms with van der Waals surface area (Å²) < 4.78 is 86.5. The predicted molar refractivity (Wildman–Crippen MR) is 155 cm³/mol. The molecule has 1 aliphatic carbocycles. The van der Waals surface area contributed by atoms with Crippen molar-refractivity contribution >= 4 is 45.9 Å². The van der Waals surface area contributed by atoms with Crippen molar-refractivity contribution in [3.63, 3.8) is 0 Å². The molecule has 42 heavy (non-hydrogen) atoms. The highest BCUT2D eigenvalue weighted by Crippen LogP contribution is 2.52. The Hall–Kier alpha value is -1.38. The fraction of sp³-hybridized carbons (Fsp3) is 0.769. The van der Waals surface area contributed by atoms with E-state index in [4.69, 9.17) is 34.9 Å². The second-order valence-electron chi connectivity index (χ2n) is 12.1. The number of anilines is 1. The average Bonchev–Trinajstić information content (AvgIpc) is 3.57. The molecule has 0 spiro atoms. The summed E-state index contributed by atoms with van der Waals surface area (Å²) in [7, 11) is -8.07. The summed E-state index contributed by atoms with van der Waals surface area (Å²) in [6, 6.07) is 0.145. The van der Waals surface area contributed by atoms with Gasteiger partial charge in [-0.3, -0.25) is 4.57 Å². The number of nitrogens with zero attached hydrogens (tertiary/aromatic N) is 3. The van der Waals surface area contributed by atoms with Crippen molar-refractivity contribution in [2.24, 2.45) is 0 Å². The average molecular weight is 653 g/mol. The Morgan fingerprint density at radius 1 is 1.14 bits per heavy atom. The van der Waals surface area contributed by atoms with Crippen molar-refractivity contribution < 1.29 is 40.6 Å². The van der Waals surface area contributed by atoms with E-state index in [1.54, 1.807) is 41.5 Å². The van der Waals surface area contributed by atoms with Crippen LogP contribution < -0.4 is 5.32 Å². The van der Waals surface area contributed by atoms with Gasteiger partial charge in [0.25, 0.3) is 0 Å². The van der Waals surface area contributed by atoms with E-state index < -0.39 is 77.0 Å². The molecule has 2 aromatic heterocycles. The maximum absolute atomic E-state index is 15.5. The van der Waals surface area contributed by atoms with Gasteiger partial charge in [-0.1, -0.05) is 12.8 Å². The molecule has 5 rings (SSSR count). The summed E-state index contributed by atoms with van der Waals surface area (Å²) in [6.07, 6.45) is 0.537. The van der Waals surface area contributed by atoms with E-state index in [0.717, 1.165) is 25.7 Å². The molecule has 0 unspecified atom stereocenters. The van der Waals surface area contributed by atoms with Gasteiger partial charge in [-0.2, -0.15) is 9.97 Å². The number of fused-ring (bicyclic) bond motifs is 2. The van der Waals surface area contributed by atoms with Crippen LogP contribution in [0.5, 0.6) is 0 Å². The van der Waals surface area contributed by atoms with Crippen molar-refractivity contribution in [2.45, 2.75) is 116 Å². The lowest BCUT2D eigenvalue weighted by molar-refractivity contribution is -0.193. The number of halogens is 2. The van der Waals surface area contributed by atoms with Crippen LogP contribution in [0, 0.1) is 5.82 Å². The highest BCUT2D eigenvalue weighted by atomic mass is 35.5. The zero-order valence-corrected chi connectivity index (χ0v) is 27.0. The maximum Gasteiger partial charge on any atom is 0.346 e. The highest BCUT2D eigenvalue weighted by Gasteiger charge is 2.57. The van der Waals surface area contributed by atoms with Crippen molar-refractivity contribution in [1.82, 2.24) is 14.5 Å².